The normalized spacial score (nSPS) is 27.4. The zero-order valence-electron chi connectivity index (χ0n) is 12.3. The molecule has 0 radical (unpaired) electrons. The average Bonchev–Trinajstić information content (AvgIpc) is 2.36. The summed E-state index contributed by atoms with van der Waals surface area (Å²) in [6.45, 7) is 10.8. The Labute approximate surface area is 112 Å². The second kappa shape index (κ2) is 7.01. The van der Waals surface area contributed by atoms with Crippen molar-refractivity contribution in [1.29, 1.82) is 0 Å². The van der Waals surface area contributed by atoms with Crippen LogP contribution >= 0.6 is 11.8 Å². The molecule has 0 saturated carbocycles. The van der Waals surface area contributed by atoms with Gasteiger partial charge in [0, 0.05) is 23.9 Å². The van der Waals surface area contributed by atoms with Gasteiger partial charge in [-0.3, -0.25) is 0 Å². The molecule has 17 heavy (non-hydrogen) atoms. The van der Waals surface area contributed by atoms with Gasteiger partial charge in [0.15, 0.2) is 0 Å². The predicted molar refractivity (Wildman–Crippen MR) is 79.9 cm³/mol. The van der Waals surface area contributed by atoms with Crippen LogP contribution in [0.4, 0.5) is 0 Å². The first-order valence-corrected chi connectivity index (χ1v) is 8.28. The Hall–Kier alpha value is 0.270. The highest BCUT2D eigenvalue weighted by Crippen LogP contribution is 2.32. The lowest BCUT2D eigenvalue weighted by Crippen LogP contribution is -2.51. The summed E-state index contributed by atoms with van der Waals surface area (Å²) in [7, 11) is 2.10. The molecule has 0 aromatic rings. The largest absolute Gasteiger partial charge is 0.317 e. The molecule has 102 valence electrons. The number of hydrogen-bond donors (Lipinski definition) is 1. The van der Waals surface area contributed by atoms with Crippen LogP contribution in [0.15, 0.2) is 0 Å². The molecule has 0 spiro atoms. The van der Waals surface area contributed by atoms with Gasteiger partial charge < -0.3 is 10.2 Å². The van der Waals surface area contributed by atoms with Gasteiger partial charge in [-0.1, -0.05) is 20.8 Å². The lowest BCUT2D eigenvalue weighted by molar-refractivity contribution is 0.137. The van der Waals surface area contributed by atoms with Gasteiger partial charge in [0.25, 0.3) is 0 Å². The Morgan fingerprint density at radius 2 is 2.00 bits per heavy atom. The highest BCUT2D eigenvalue weighted by Gasteiger charge is 2.31. The summed E-state index contributed by atoms with van der Waals surface area (Å²) in [4.78, 5) is 2.68. The van der Waals surface area contributed by atoms with Crippen molar-refractivity contribution in [3.63, 3.8) is 0 Å². The van der Waals surface area contributed by atoms with Gasteiger partial charge in [-0.05, 0) is 45.0 Å². The van der Waals surface area contributed by atoms with Crippen molar-refractivity contribution in [3.05, 3.63) is 0 Å². The van der Waals surface area contributed by atoms with Crippen molar-refractivity contribution >= 4 is 11.8 Å². The summed E-state index contributed by atoms with van der Waals surface area (Å²) in [5, 5.41) is 3.45. The fourth-order valence-corrected chi connectivity index (χ4v) is 3.93. The molecular weight excluding hydrogens is 228 g/mol. The monoisotopic (exact) mass is 258 g/mol. The van der Waals surface area contributed by atoms with Gasteiger partial charge in [0.05, 0.1) is 0 Å². The third-order valence-corrected chi connectivity index (χ3v) is 6.17. The second-order valence-electron chi connectivity index (χ2n) is 5.49. The second-order valence-corrected chi connectivity index (χ2v) is 6.76. The Morgan fingerprint density at radius 1 is 1.35 bits per heavy atom. The van der Waals surface area contributed by atoms with E-state index in [0.717, 1.165) is 12.0 Å². The standard InChI is InChI=1S/C14H30N2S/c1-6-14(7-2,17-5)11-16-9-8-13(15-4)12(3)10-16/h12-13,15H,6-11H2,1-5H3. The third-order valence-electron chi connectivity index (χ3n) is 4.59. The van der Waals surface area contributed by atoms with E-state index < -0.39 is 0 Å². The van der Waals surface area contributed by atoms with E-state index in [1.54, 1.807) is 0 Å². The zero-order chi connectivity index (χ0) is 12.9. The number of rotatable bonds is 6. The third kappa shape index (κ3) is 3.87. The molecule has 2 nitrogen and oxygen atoms in total. The summed E-state index contributed by atoms with van der Waals surface area (Å²) in [6, 6.07) is 0.721. The van der Waals surface area contributed by atoms with Gasteiger partial charge in [-0.25, -0.2) is 0 Å². The smallest absolute Gasteiger partial charge is 0.0279 e. The zero-order valence-corrected chi connectivity index (χ0v) is 13.1. The minimum Gasteiger partial charge on any atom is -0.317 e. The maximum Gasteiger partial charge on any atom is 0.0279 e. The first-order chi connectivity index (χ1) is 8.10. The Morgan fingerprint density at radius 3 is 2.41 bits per heavy atom. The van der Waals surface area contributed by atoms with Crippen LogP contribution < -0.4 is 5.32 Å². The van der Waals surface area contributed by atoms with Gasteiger partial charge in [-0.2, -0.15) is 11.8 Å². The number of nitrogens with one attached hydrogen (secondary N) is 1. The first-order valence-electron chi connectivity index (χ1n) is 7.05. The fraction of sp³-hybridized carbons (Fsp3) is 1.00. The Balaban J connectivity index is 2.52. The molecule has 1 rings (SSSR count). The fourth-order valence-electron chi connectivity index (χ4n) is 3.04. The van der Waals surface area contributed by atoms with Crippen LogP contribution in [-0.2, 0) is 0 Å². The van der Waals surface area contributed by atoms with Gasteiger partial charge in [0.2, 0.25) is 0 Å². The van der Waals surface area contributed by atoms with E-state index >= 15 is 0 Å². The van der Waals surface area contributed by atoms with Crippen LogP contribution in [0.2, 0.25) is 0 Å². The molecule has 0 aromatic carbocycles. The molecule has 1 fully saturated rings. The van der Waals surface area contributed by atoms with E-state index in [2.05, 4.69) is 56.1 Å². The number of hydrogen-bond acceptors (Lipinski definition) is 3. The quantitative estimate of drug-likeness (QED) is 0.789. The maximum atomic E-state index is 3.45. The molecular formula is C14H30N2S. The Bertz CT molecular complexity index is 208. The summed E-state index contributed by atoms with van der Waals surface area (Å²) >= 11 is 2.06. The summed E-state index contributed by atoms with van der Waals surface area (Å²) in [6.07, 6.45) is 6.14. The van der Waals surface area contributed by atoms with Crippen molar-refractivity contribution in [2.24, 2.45) is 5.92 Å². The number of thioether (sulfide) groups is 1. The summed E-state index contributed by atoms with van der Waals surface area (Å²) in [5.41, 5.74) is 0. The van der Waals surface area contributed by atoms with Crippen LogP contribution in [0, 0.1) is 5.92 Å². The van der Waals surface area contributed by atoms with Gasteiger partial charge >= 0.3 is 0 Å². The maximum absolute atomic E-state index is 3.45. The molecule has 0 amide bonds. The Kier molecular flexibility index (Phi) is 6.32. The molecule has 0 aromatic heterocycles. The van der Waals surface area contributed by atoms with Crippen molar-refractivity contribution < 1.29 is 0 Å². The SMILES string of the molecule is CCC(CC)(CN1CCC(NC)C(C)C1)SC. The van der Waals surface area contributed by atoms with E-state index in [1.165, 1.54) is 38.9 Å². The number of likely N-dealkylation sites (tertiary alicyclic amines) is 1. The van der Waals surface area contributed by atoms with Crippen LogP contribution in [0.25, 0.3) is 0 Å². The molecule has 2 atom stereocenters. The molecule has 1 aliphatic rings. The van der Waals surface area contributed by atoms with E-state index in [9.17, 15) is 0 Å². The first kappa shape index (κ1) is 15.3. The number of piperidine rings is 1. The topological polar surface area (TPSA) is 15.3 Å². The van der Waals surface area contributed by atoms with Crippen LogP contribution in [0.5, 0.6) is 0 Å². The highest BCUT2D eigenvalue weighted by atomic mass is 32.2. The predicted octanol–water partition coefficient (Wildman–Crippen LogP) is 2.84. The van der Waals surface area contributed by atoms with Crippen LogP contribution in [0.1, 0.15) is 40.0 Å². The molecule has 1 heterocycles. The van der Waals surface area contributed by atoms with Gasteiger partial charge in [0.1, 0.15) is 0 Å². The lowest BCUT2D eigenvalue weighted by atomic mass is 9.92. The van der Waals surface area contributed by atoms with Crippen LogP contribution in [0.3, 0.4) is 0 Å². The van der Waals surface area contributed by atoms with E-state index in [1.807, 2.05) is 0 Å². The number of nitrogens with zero attached hydrogens (tertiary/aromatic N) is 1. The molecule has 1 aliphatic heterocycles. The van der Waals surface area contributed by atoms with Crippen molar-refractivity contribution in [3.8, 4) is 0 Å². The molecule has 0 aliphatic carbocycles. The summed E-state index contributed by atoms with van der Waals surface area (Å²) in [5.74, 6) is 0.780. The molecule has 2 unspecified atom stereocenters. The van der Waals surface area contributed by atoms with Crippen LogP contribution in [-0.4, -0.2) is 48.6 Å². The van der Waals surface area contributed by atoms with E-state index in [4.69, 9.17) is 0 Å². The molecule has 0 bridgehead atoms. The van der Waals surface area contributed by atoms with Gasteiger partial charge in [-0.15, -0.1) is 0 Å². The average molecular weight is 258 g/mol. The summed E-state index contributed by atoms with van der Waals surface area (Å²) < 4.78 is 0.478. The van der Waals surface area contributed by atoms with E-state index in [0.29, 0.717) is 4.75 Å². The lowest BCUT2D eigenvalue weighted by Gasteiger charge is -2.42. The van der Waals surface area contributed by atoms with Crippen molar-refractivity contribution in [2.45, 2.75) is 50.8 Å². The van der Waals surface area contributed by atoms with Crippen molar-refractivity contribution in [2.75, 3.05) is 32.9 Å². The van der Waals surface area contributed by atoms with Crippen molar-refractivity contribution in [1.82, 2.24) is 10.2 Å². The molecule has 1 saturated heterocycles. The minimum atomic E-state index is 0.478. The highest BCUT2D eigenvalue weighted by molar-refractivity contribution is 8.00. The minimum absolute atomic E-state index is 0.478. The van der Waals surface area contributed by atoms with E-state index in [-0.39, 0.29) is 0 Å². The molecule has 1 N–H and O–H groups in total. The molecule has 3 heteroatoms.